The second-order valence-corrected chi connectivity index (χ2v) is 7.34. The second kappa shape index (κ2) is 6.16. The standard InChI is InChI=1S/C15H22N4O2S/c1-2-3-8-16-15-17-13-7-6-12(19-9-4-5-10-19)11-14(13)22(20,21)18-15/h6-7,11H,2-5,8-10H2,1H3,(H2,16,17,18). The molecule has 0 spiro atoms. The van der Waals surface area contributed by atoms with Crippen LogP contribution in [0.15, 0.2) is 28.1 Å². The normalized spacial score (nSPS) is 21.3. The lowest BCUT2D eigenvalue weighted by Gasteiger charge is -2.24. The molecule has 2 N–H and O–H groups in total. The number of hydrogen-bond acceptors (Lipinski definition) is 4. The first-order chi connectivity index (χ1) is 10.6. The first-order valence-corrected chi connectivity index (χ1v) is 9.32. The van der Waals surface area contributed by atoms with E-state index in [4.69, 9.17) is 0 Å². The number of fused-ring (bicyclic) bond motifs is 1. The fourth-order valence-electron chi connectivity index (χ4n) is 2.76. The number of sulfonamides is 1. The Morgan fingerprint density at radius 2 is 2.05 bits per heavy atom. The highest BCUT2D eigenvalue weighted by molar-refractivity contribution is 7.90. The molecule has 2 heterocycles. The zero-order chi connectivity index (χ0) is 15.6. The molecule has 0 atom stereocenters. The minimum absolute atomic E-state index is 0.298. The average molecular weight is 322 g/mol. The Hall–Kier alpha value is -1.76. The van der Waals surface area contributed by atoms with Crippen molar-refractivity contribution >= 4 is 27.4 Å². The molecule has 0 aromatic heterocycles. The molecule has 0 unspecified atom stereocenters. The van der Waals surface area contributed by atoms with Gasteiger partial charge >= 0.3 is 0 Å². The van der Waals surface area contributed by atoms with Crippen LogP contribution < -0.4 is 14.9 Å². The van der Waals surface area contributed by atoms with Crippen molar-refractivity contribution in [1.82, 2.24) is 4.72 Å². The van der Waals surface area contributed by atoms with Gasteiger partial charge in [-0.15, -0.1) is 0 Å². The second-order valence-electron chi connectivity index (χ2n) is 5.69. The number of anilines is 2. The van der Waals surface area contributed by atoms with Crippen molar-refractivity contribution in [3.05, 3.63) is 18.2 Å². The van der Waals surface area contributed by atoms with Crippen LogP contribution in [0.5, 0.6) is 0 Å². The Bertz CT molecular complexity index is 679. The van der Waals surface area contributed by atoms with Gasteiger partial charge in [0.1, 0.15) is 4.90 Å². The molecule has 7 heteroatoms. The van der Waals surface area contributed by atoms with Crippen molar-refractivity contribution in [2.24, 2.45) is 4.99 Å². The van der Waals surface area contributed by atoms with Gasteiger partial charge in [-0.3, -0.25) is 4.99 Å². The molecule has 2 aliphatic heterocycles. The van der Waals surface area contributed by atoms with E-state index in [0.29, 0.717) is 23.1 Å². The molecule has 0 aliphatic carbocycles. The Morgan fingerprint density at radius 1 is 1.27 bits per heavy atom. The Morgan fingerprint density at radius 3 is 2.77 bits per heavy atom. The van der Waals surface area contributed by atoms with Crippen molar-refractivity contribution in [3.63, 3.8) is 0 Å². The van der Waals surface area contributed by atoms with E-state index in [2.05, 4.69) is 26.9 Å². The van der Waals surface area contributed by atoms with Crippen LogP contribution in [0.3, 0.4) is 0 Å². The smallest absolute Gasteiger partial charge is 0.266 e. The van der Waals surface area contributed by atoms with Gasteiger partial charge in [0.2, 0.25) is 5.96 Å². The third-order valence-corrected chi connectivity index (χ3v) is 5.37. The van der Waals surface area contributed by atoms with Crippen LogP contribution in [0.25, 0.3) is 0 Å². The van der Waals surface area contributed by atoms with Crippen LogP contribution in [0.1, 0.15) is 32.6 Å². The average Bonchev–Trinajstić information content (AvgIpc) is 3.01. The fourth-order valence-corrected chi connectivity index (χ4v) is 3.93. The number of guanidine groups is 1. The summed E-state index contributed by atoms with van der Waals surface area (Å²) in [4.78, 5) is 6.79. The molecule has 120 valence electrons. The van der Waals surface area contributed by atoms with Crippen LogP contribution >= 0.6 is 0 Å². The van der Waals surface area contributed by atoms with Crippen molar-refractivity contribution in [1.29, 1.82) is 0 Å². The van der Waals surface area contributed by atoms with Gasteiger partial charge in [-0.1, -0.05) is 13.3 Å². The molecule has 1 aromatic rings. The molecule has 0 amide bonds. The van der Waals surface area contributed by atoms with E-state index in [1.54, 1.807) is 6.07 Å². The third-order valence-electron chi connectivity index (χ3n) is 3.99. The molecule has 0 bridgehead atoms. The number of nitrogens with zero attached hydrogens (tertiary/aromatic N) is 2. The quantitative estimate of drug-likeness (QED) is 0.833. The zero-order valence-electron chi connectivity index (χ0n) is 12.8. The van der Waals surface area contributed by atoms with Gasteiger partial charge in [0.15, 0.2) is 0 Å². The monoisotopic (exact) mass is 322 g/mol. The van der Waals surface area contributed by atoms with Gasteiger partial charge < -0.3 is 10.2 Å². The van der Waals surface area contributed by atoms with E-state index in [0.717, 1.165) is 44.5 Å². The van der Waals surface area contributed by atoms with Crippen LogP contribution in [-0.4, -0.2) is 34.0 Å². The summed E-state index contributed by atoms with van der Waals surface area (Å²) in [5.41, 5.74) is 1.56. The molecule has 0 saturated carbocycles. The van der Waals surface area contributed by atoms with Gasteiger partial charge in [0.05, 0.1) is 5.69 Å². The molecule has 3 rings (SSSR count). The number of benzene rings is 1. The number of aliphatic imine (C=N–C) groups is 1. The van der Waals surface area contributed by atoms with E-state index in [1.807, 2.05) is 12.1 Å². The summed E-state index contributed by atoms with van der Waals surface area (Å²) in [7, 11) is -3.55. The predicted molar refractivity (Wildman–Crippen MR) is 89.0 cm³/mol. The summed E-state index contributed by atoms with van der Waals surface area (Å²) in [6.45, 7) is 4.67. The highest BCUT2D eigenvalue weighted by atomic mass is 32.2. The van der Waals surface area contributed by atoms with E-state index >= 15 is 0 Å². The van der Waals surface area contributed by atoms with Crippen LogP contribution in [-0.2, 0) is 10.0 Å². The van der Waals surface area contributed by atoms with E-state index in [-0.39, 0.29) is 0 Å². The van der Waals surface area contributed by atoms with Gasteiger partial charge in [-0.25, -0.2) is 13.1 Å². The Kier molecular flexibility index (Phi) is 4.24. The Labute approximate surface area is 131 Å². The highest BCUT2D eigenvalue weighted by Crippen LogP contribution is 2.30. The SMILES string of the molecule is CCCCN=C1Nc2ccc(N3CCCC3)cc2S(=O)(=O)N1. The largest absolute Gasteiger partial charge is 0.371 e. The molecule has 1 aromatic carbocycles. The van der Waals surface area contributed by atoms with Crippen LogP contribution in [0, 0.1) is 0 Å². The molecule has 0 radical (unpaired) electrons. The first-order valence-electron chi connectivity index (χ1n) is 7.83. The first kappa shape index (κ1) is 15.1. The van der Waals surface area contributed by atoms with Crippen LogP contribution in [0.2, 0.25) is 0 Å². The lowest BCUT2D eigenvalue weighted by molar-refractivity contribution is 0.591. The lowest BCUT2D eigenvalue weighted by atomic mass is 10.2. The maximum atomic E-state index is 12.4. The van der Waals surface area contributed by atoms with Gasteiger partial charge in [-0.2, -0.15) is 0 Å². The fraction of sp³-hybridized carbons (Fsp3) is 0.533. The maximum absolute atomic E-state index is 12.4. The minimum atomic E-state index is -3.55. The molecule has 1 saturated heterocycles. The Balaban J connectivity index is 1.88. The summed E-state index contributed by atoms with van der Waals surface area (Å²) in [6, 6.07) is 5.55. The molecular weight excluding hydrogens is 300 g/mol. The summed E-state index contributed by atoms with van der Waals surface area (Å²) in [5.74, 6) is 0.315. The van der Waals surface area contributed by atoms with E-state index < -0.39 is 10.0 Å². The molecule has 6 nitrogen and oxygen atoms in total. The summed E-state index contributed by atoms with van der Waals surface area (Å²) in [6.07, 6.45) is 4.29. The summed E-state index contributed by atoms with van der Waals surface area (Å²) < 4.78 is 27.4. The van der Waals surface area contributed by atoms with Crippen molar-refractivity contribution in [2.45, 2.75) is 37.5 Å². The predicted octanol–water partition coefficient (Wildman–Crippen LogP) is 2.15. The van der Waals surface area contributed by atoms with E-state index in [1.165, 1.54) is 0 Å². The van der Waals surface area contributed by atoms with Gasteiger partial charge in [0, 0.05) is 25.3 Å². The van der Waals surface area contributed by atoms with E-state index in [9.17, 15) is 8.42 Å². The summed E-state index contributed by atoms with van der Waals surface area (Å²) in [5, 5.41) is 3.07. The number of rotatable bonds is 4. The zero-order valence-corrected chi connectivity index (χ0v) is 13.6. The van der Waals surface area contributed by atoms with Gasteiger partial charge in [-0.05, 0) is 37.5 Å². The molecule has 22 heavy (non-hydrogen) atoms. The number of hydrogen-bond donors (Lipinski definition) is 2. The maximum Gasteiger partial charge on any atom is 0.266 e. The highest BCUT2D eigenvalue weighted by Gasteiger charge is 2.27. The van der Waals surface area contributed by atoms with Gasteiger partial charge in [0.25, 0.3) is 10.0 Å². The minimum Gasteiger partial charge on any atom is -0.371 e. The summed E-state index contributed by atoms with van der Waals surface area (Å²) >= 11 is 0. The number of nitrogens with one attached hydrogen (secondary N) is 2. The van der Waals surface area contributed by atoms with Crippen molar-refractivity contribution < 1.29 is 8.42 Å². The topological polar surface area (TPSA) is 73.8 Å². The molecular formula is C15H22N4O2S. The van der Waals surface area contributed by atoms with Crippen LogP contribution in [0.4, 0.5) is 11.4 Å². The lowest BCUT2D eigenvalue weighted by Crippen LogP contribution is -2.41. The van der Waals surface area contributed by atoms with Crippen molar-refractivity contribution in [3.8, 4) is 0 Å². The molecule has 1 fully saturated rings. The third kappa shape index (κ3) is 3.04. The van der Waals surface area contributed by atoms with Crippen molar-refractivity contribution in [2.75, 3.05) is 29.9 Å². The number of unbranched alkanes of at least 4 members (excludes halogenated alkanes) is 1. The molecule has 2 aliphatic rings.